The Kier molecular flexibility index (Phi) is 5.82. The van der Waals surface area contributed by atoms with Crippen LogP contribution in [0.25, 0.3) is 0 Å². The molecule has 0 N–H and O–H groups in total. The molecule has 0 aromatic heterocycles. The molecule has 0 radical (unpaired) electrons. The molecule has 1 atom stereocenters. The highest BCUT2D eigenvalue weighted by atomic mass is 16.6. The number of nitrogens with zero attached hydrogens (tertiary/aromatic N) is 2. The molecule has 202 valence electrons. The summed E-state index contributed by atoms with van der Waals surface area (Å²) < 4.78 is 13.0. The van der Waals surface area contributed by atoms with Gasteiger partial charge in [-0.2, -0.15) is 0 Å². The molecule has 2 aliphatic heterocycles. The van der Waals surface area contributed by atoms with Crippen LogP contribution in [0.3, 0.4) is 0 Å². The van der Waals surface area contributed by atoms with Crippen molar-refractivity contribution in [3.63, 3.8) is 0 Å². The van der Waals surface area contributed by atoms with Gasteiger partial charge in [0.25, 0.3) is 0 Å². The lowest BCUT2D eigenvalue weighted by atomic mass is 9.77. The van der Waals surface area contributed by atoms with Crippen LogP contribution >= 0.6 is 0 Å². The molecule has 0 fully saturated rings. The summed E-state index contributed by atoms with van der Waals surface area (Å²) in [6.07, 6.45) is 0. The first-order valence-electron chi connectivity index (χ1n) is 13.9. The number of aryl methyl sites for hydroxylation is 1. The van der Waals surface area contributed by atoms with Crippen LogP contribution in [-0.2, 0) is 10.3 Å². The number of carbonyl (C=O) groups excluding carboxylic acids is 1. The van der Waals surface area contributed by atoms with Gasteiger partial charge in [-0.05, 0) is 74.5 Å². The van der Waals surface area contributed by atoms with Gasteiger partial charge >= 0.3 is 5.97 Å². The van der Waals surface area contributed by atoms with Gasteiger partial charge in [0.15, 0.2) is 5.60 Å². The molecule has 5 nitrogen and oxygen atoms in total. The number of benzene rings is 5. The van der Waals surface area contributed by atoms with Gasteiger partial charge in [0.2, 0.25) is 0 Å². The lowest BCUT2D eigenvalue weighted by Gasteiger charge is -2.38. The second kappa shape index (κ2) is 9.56. The van der Waals surface area contributed by atoms with Gasteiger partial charge in [0.05, 0.1) is 5.56 Å². The molecular weight excluding hydrogens is 508 g/mol. The van der Waals surface area contributed by atoms with Crippen molar-refractivity contribution < 1.29 is 14.3 Å². The minimum atomic E-state index is -1.12. The summed E-state index contributed by atoms with van der Waals surface area (Å²) in [4.78, 5) is 17.7. The molecule has 0 amide bonds. The fourth-order valence-electron chi connectivity index (χ4n) is 6.07. The first-order chi connectivity index (χ1) is 20.0. The third kappa shape index (κ3) is 3.88. The summed E-state index contributed by atoms with van der Waals surface area (Å²) in [6.45, 7) is 5.01. The van der Waals surface area contributed by atoms with Crippen molar-refractivity contribution in [3.05, 3.63) is 143 Å². The van der Waals surface area contributed by atoms with Crippen LogP contribution in [0.4, 0.5) is 22.7 Å². The van der Waals surface area contributed by atoms with Gasteiger partial charge in [-0.25, -0.2) is 4.79 Å². The van der Waals surface area contributed by atoms with Crippen molar-refractivity contribution in [2.75, 3.05) is 23.4 Å². The van der Waals surface area contributed by atoms with Crippen LogP contribution in [0.15, 0.2) is 115 Å². The van der Waals surface area contributed by atoms with Gasteiger partial charge in [-0.1, -0.05) is 54.1 Å². The van der Waals surface area contributed by atoms with Crippen molar-refractivity contribution in [2.45, 2.75) is 19.4 Å². The zero-order valence-electron chi connectivity index (χ0n) is 23.3. The van der Waals surface area contributed by atoms with E-state index in [0.29, 0.717) is 17.1 Å². The van der Waals surface area contributed by atoms with E-state index in [-0.39, 0.29) is 5.97 Å². The molecule has 5 aromatic rings. The summed E-state index contributed by atoms with van der Waals surface area (Å²) >= 11 is 0. The number of rotatable bonds is 5. The highest BCUT2D eigenvalue weighted by Crippen LogP contribution is 2.57. The molecule has 5 aromatic carbocycles. The molecule has 0 aliphatic carbocycles. The van der Waals surface area contributed by atoms with E-state index < -0.39 is 5.60 Å². The van der Waals surface area contributed by atoms with Gasteiger partial charge < -0.3 is 19.3 Å². The highest BCUT2D eigenvalue weighted by molar-refractivity contribution is 5.97. The minimum Gasteiger partial charge on any atom is -0.456 e. The molecular formula is C36H30N2O3. The van der Waals surface area contributed by atoms with E-state index in [9.17, 15) is 4.79 Å². The number of esters is 1. The third-order valence-corrected chi connectivity index (χ3v) is 8.18. The lowest BCUT2D eigenvalue weighted by molar-refractivity contribution is 0.0224. The van der Waals surface area contributed by atoms with E-state index in [0.717, 1.165) is 46.0 Å². The Balaban J connectivity index is 1.40. The second-order valence-electron chi connectivity index (χ2n) is 10.6. The standard InChI is InChI=1S/C36H30N2O3/c1-4-38(26-16-14-24(2)15-17-26)28-18-20-31-34(23-28)40-33-21-19-27(37(3)25-10-6-5-7-11-25)22-32(33)36(31)30-13-9-8-12-29(30)35(39)41-36/h5-23H,4H2,1-3H3. The van der Waals surface area contributed by atoms with Crippen LogP contribution in [0.1, 0.15) is 39.5 Å². The number of hydrogen-bond donors (Lipinski definition) is 0. The normalized spacial score (nSPS) is 16.3. The summed E-state index contributed by atoms with van der Waals surface area (Å²) in [5.74, 6) is 1.01. The first kappa shape index (κ1) is 25.0. The van der Waals surface area contributed by atoms with Crippen LogP contribution in [0, 0.1) is 6.92 Å². The number of para-hydroxylation sites is 1. The molecule has 7 rings (SSSR count). The molecule has 1 spiro atoms. The Morgan fingerprint density at radius 2 is 1.37 bits per heavy atom. The predicted octanol–water partition coefficient (Wildman–Crippen LogP) is 8.49. The molecule has 2 aliphatic rings. The quantitative estimate of drug-likeness (QED) is 0.210. The zero-order chi connectivity index (χ0) is 28.1. The summed E-state index contributed by atoms with van der Waals surface area (Å²) in [5, 5.41) is 0. The van der Waals surface area contributed by atoms with E-state index in [1.807, 2.05) is 67.7 Å². The summed E-state index contributed by atoms with van der Waals surface area (Å²) in [5.41, 5.74) is 7.26. The molecule has 0 saturated heterocycles. The van der Waals surface area contributed by atoms with Gasteiger partial charge in [-0.15, -0.1) is 0 Å². The van der Waals surface area contributed by atoms with Crippen LogP contribution < -0.4 is 14.5 Å². The van der Waals surface area contributed by atoms with Crippen molar-refractivity contribution in [1.82, 2.24) is 0 Å². The summed E-state index contributed by atoms with van der Waals surface area (Å²) in [6, 6.07) is 38.7. The zero-order valence-corrected chi connectivity index (χ0v) is 23.3. The Hall–Kier alpha value is -5.03. The number of fused-ring (bicyclic) bond motifs is 6. The van der Waals surface area contributed by atoms with Crippen molar-refractivity contribution in [1.29, 1.82) is 0 Å². The second-order valence-corrected chi connectivity index (χ2v) is 10.6. The van der Waals surface area contributed by atoms with Crippen molar-refractivity contribution in [3.8, 4) is 11.5 Å². The number of hydrogen-bond acceptors (Lipinski definition) is 5. The maximum Gasteiger partial charge on any atom is 0.340 e. The topological polar surface area (TPSA) is 42.0 Å². The largest absolute Gasteiger partial charge is 0.456 e. The SMILES string of the molecule is CCN(c1ccc(C)cc1)c1ccc2c(c1)Oc1ccc(N(C)c3ccccc3)cc1C21OC(=O)c2ccccc21. The predicted molar refractivity (Wildman–Crippen MR) is 163 cm³/mol. The van der Waals surface area contributed by atoms with E-state index in [1.165, 1.54) is 5.56 Å². The number of ether oxygens (including phenoxy) is 2. The fraction of sp³-hybridized carbons (Fsp3) is 0.139. The average Bonchev–Trinajstić information content (AvgIpc) is 3.31. The molecule has 2 heterocycles. The monoisotopic (exact) mass is 538 g/mol. The van der Waals surface area contributed by atoms with E-state index in [1.54, 1.807) is 0 Å². The Morgan fingerprint density at radius 3 is 2.15 bits per heavy atom. The first-order valence-corrected chi connectivity index (χ1v) is 13.9. The molecule has 5 heteroatoms. The van der Waals surface area contributed by atoms with Crippen LogP contribution in [0.5, 0.6) is 11.5 Å². The average molecular weight is 539 g/mol. The van der Waals surface area contributed by atoms with Crippen LogP contribution in [-0.4, -0.2) is 19.6 Å². The van der Waals surface area contributed by atoms with Crippen molar-refractivity contribution >= 4 is 28.7 Å². The van der Waals surface area contributed by atoms with Gasteiger partial charge in [0.1, 0.15) is 11.5 Å². The highest BCUT2D eigenvalue weighted by Gasteiger charge is 2.53. The molecule has 0 saturated carbocycles. The third-order valence-electron chi connectivity index (χ3n) is 8.18. The van der Waals surface area contributed by atoms with Crippen LogP contribution in [0.2, 0.25) is 0 Å². The number of carbonyl (C=O) groups is 1. The molecule has 41 heavy (non-hydrogen) atoms. The summed E-state index contributed by atoms with van der Waals surface area (Å²) in [7, 11) is 2.03. The maximum absolute atomic E-state index is 13.4. The maximum atomic E-state index is 13.4. The van der Waals surface area contributed by atoms with Gasteiger partial charge in [-0.3, -0.25) is 0 Å². The van der Waals surface area contributed by atoms with E-state index in [2.05, 4.69) is 78.2 Å². The molecule has 1 unspecified atom stereocenters. The van der Waals surface area contributed by atoms with Crippen molar-refractivity contribution in [2.24, 2.45) is 0 Å². The minimum absolute atomic E-state index is 0.333. The molecule has 0 bridgehead atoms. The van der Waals surface area contributed by atoms with Gasteiger partial charge in [0, 0.05) is 59.1 Å². The number of anilines is 4. The Morgan fingerprint density at radius 1 is 0.659 bits per heavy atom. The Labute approximate surface area is 240 Å². The van der Waals surface area contributed by atoms with E-state index >= 15 is 0 Å². The smallest absolute Gasteiger partial charge is 0.340 e. The van der Waals surface area contributed by atoms with E-state index in [4.69, 9.17) is 9.47 Å². The lowest BCUT2D eigenvalue weighted by Crippen LogP contribution is -2.33. The fourth-order valence-corrected chi connectivity index (χ4v) is 6.07. The Bertz CT molecular complexity index is 1780.